The molecule has 0 spiro atoms. The zero-order chi connectivity index (χ0) is 24.5. The van der Waals surface area contributed by atoms with Crippen LogP contribution in [0.3, 0.4) is 0 Å². The second-order valence-electron chi connectivity index (χ2n) is 8.24. The van der Waals surface area contributed by atoms with E-state index in [1.807, 2.05) is 74.5 Å². The van der Waals surface area contributed by atoms with E-state index in [2.05, 4.69) is 21.2 Å². The highest BCUT2D eigenvalue weighted by molar-refractivity contribution is 9.10. The summed E-state index contributed by atoms with van der Waals surface area (Å²) in [4.78, 5) is 28.4. The molecular formula is C27H28BrClN2O3. The van der Waals surface area contributed by atoms with Crippen LogP contribution in [0.1, 0.15) is 25.0 Å². The van der Waals surface area contributed by atoms with Crippen LogP contribution in [0, 0.1) is 0 Å². The molecule has 5 nitrogen and oxygen atoms in total. The predicted octanol–water partition coefficient (Wildman–Crippen LogP) is 5.65. The lowest BCUT2D eigenvalue weighted by Gasteiger charge is -2.32. The monoisotopic (exact) mass is 542 g/mol. The van der Waals surface area contributed by atoms with Crippen molar-refractivity contribution in [2.75, 3.05) is 6.61 Å². The maximum atomic E-state index is 13.5. The van der Waals surface area contributed by atoms with E-state index in [-0.39, 0.29) is 31.0 Å². The van der Waals surface area contributed by atoms with Crippen LogP contribution in [0.5, 0.6) is 5.75 Å². The molecule has 0 aromatic heterocycles. The van der Waals surface area contributed by atoms with Crippen LogP contribution in [-0.4, -0.2) is 35.4 Å². The molecule has 1 unspecified atom stereocenters. The normalized spacial score (nSPS) is 11.7. The van der Waals surface area contributed by atoms with Gasteiger partial charge in [0, 0.05) is 24.0 Å². The molecule has 34 heavy (non-hydrogen) atoms. The smallest absolute Gasteiger partial charge is 0.261 e. The third-order valence-electron chi connectivity index (χ3n) is 5.14. The average molecular weight is 544 g/mol. The third-order valence-corrected chi connectivity index (χ3v) is 6.00. The number of carbonyl (C=O) groups is 2. The van der Waals surface area contributed by atoms with E-state index in [1.54, 1.807) is 23.1 Å². The van der Waals surface area contributed by atoms with Gasteiger partial charge in [0.05, 0.1) is 4.47 Å². The summed E-state index contributed by atoms with van der Waals surface area (Å²) in [5, 5.41) is 3.54. The number of halogens is 2. The lowest BCUT2D eigenvalue weighted by molar-refractivity contribution is -0.143. The number of nitrogens with zero attached hydrogens (tertiary/aromatic N) is 1. The third kappa shape index (κ3) is 7.61. The number of nitrogens with one attached hydrogen (secondary N) is 1. The number of hydrogen-bond acceptors (Lipinski definition) is 3. The minimum absolute atomic E-state index is 0.0549. The van der Waals surface area contributed by atoms with Gasteiger partial charge in [-0.1, -0.05) is 72.3 Å². The van der Waals surface area contributed by atoms with E-state index in [0.29, 0.717) is 21.7 Å². The van der Waals surface area contributed by atoms with E-state index in [4.69, 9.17) is 16.3 Å². The van der Waals surface area contributed by atoms with Crippen molar-refractivity contribution in [3.8, 4) is 5.75 Å². The van der Waals surface area contributed by atoms with E-state index in [1.165, 1.54) is 0 Å². The Balaban J connectivity index is 1.89. The molecule has 0 heterocycles. The maximum Gasteiger partial charge on any atom is 0.261 e. The highest BCUT2D eigenvalue weighted by Crippen LogP contribution is 2.28. The molecule has 2 amide bonds. The Morgan fingerprint density at radius 3 is 2.18 bits per heavy atom. The van der Waals surface area contributed by atoms with E-state index < -0.39 is 6.04 Å². The summed E-state index contributed by atoms with van der Waals surface area (Å²) in [5.41, 5.74) is 1.90. The van der Waals surface area contributed by atoms with E-state index >= 15 is 0 Å². The number of amides is 2. The van der Waals surface area contributed by atoms with Crippen molar-refractivity contribution in [3.05, 3.63) is 99.5 Å². The van der Waals surface area contributed by atoms with Crippen molar-refractivity contribution >= 4 is 39.3 Å². The first-order chi connectivity index (χ1) is 16.3. The van der Waals surface area contributed by atoms with Crippen molar-refractivity contribution < 1.29 is 14.3 Å². The molecule has 0 aliphatic carbocycles. The topological polar surface area (TPSA) is 58.6 Å². The molecule has 0 aliphatic rings. The molecule has 0 saturated heterocycles. The van der Waals surface area contributed by atoms with Crippen molar-refractivity contribution in [3.63, 3.8) is 0 Å². The van der Waals surface area contributed by atoms with Gasteiger partial charge < -0.3 is 15.0 Å². The number of ether oxygens (including phenoxy) is 1. The molecule has 0 saturated carbocycles. The van der Waals surface area contributed by atoms with E-state index in [9.17, 15) is 9.59 Å². The van der Waals surface area contributed by atoms with Gasteiger partial charge in [-0.05, 0) is 59.1 Å². The quantitative estimate of drug-likeness (QED) is 0.360. The molecule has 3 rings (SSSR count). The van der Waals surface area contributed by atoms with Crippen LogP contribution >= 0.6 is 27.5 Å². The second-order valence-corrected chi connectivity index (χ2v) is 9.53. The Morgan fingerprint density at radius 1 is 0.971 bits per heavy atom. The van der Waals surface area contributed by atoms with E-state index in [0.717, 1.165) is 11.1 Å². The first kappa shape index (κ1) is 25.8. The Morgan fingerprint density at radius 2 is 1.59 bits per heavy atom. The van der Waals surface area contributed by atoms with Gasteiger partial charge in [0.25, 0.3) is 5.91 Å². The Hall–Kier alpha value is -2.83. The Bertz CT molecular complexity index is 1090. The molecule has 1 atom stereocenters. The van der Waals surface area contributed by atoms with Crippen molar-refractivity contribution in [2.45, 2.75) is 38.9 Å². The Labute approximate surface area is 214 Å². The molecule has 0 fully saturated rings. The van der Waals surface area contributed by atoms with Crippen LogP contribution in [0.4, 0.5) is 0 Å². The summed E-state index contributed by atoms with van der Waals surface area (Å²) in [6, 6.07) is 23.7. The second kappa shape index (κ2) is 12.6. The van der Waals surface area contributed by atoms with Gasteiger partial charge in [-0.3, -0.25) is 9.59 Å². The maximum absolute atomic E-state index is 13.5. The fraction of sp³-hybridized carbons (Fsp3) is 0.259. The summed E-state index contributed by atoms with van der Waals surface area (Å²) in [5.74, 6) is 0.0185. The Kier molecular flexibility index (Phi) is 9.54. The summed E-state index contributed by atoms with van der Waals surface area (Å²) in [6.45, 7) is 3.88. The van der Waals surface area contributed by atoms with Gasteiger partial charge in [0.2, 0.25) is 5.91 Å². The lowest BCUT2D eigenvalue weighted by Crippen LogP contribution is -2.52. The molecule has 0 radical (unpaired) electrons. The molecular weight excluding hydrogens is 516 g/mol. The molecule has 178 valence electrons. The van der Waals surface area contributed by atoms with Gasteiger partial charge in [0.15, 0.2) is 6.61 Å². The van der Waals surface area contributed by atoms with Crippen molar-refractivity contribution in [2.24, 2.45) is 0 Å². The molecule has 7 heteroatoms. The number of hydrogen-bond donors (Lipinski definition) is 1. The van der Waals surface area contributed by atoms with Gasteiger partial charge in [-0.2, -0.15) is 0 Å². The largest absolute Gasteiger partial charge is 0.483 e. The van der Waals surface area contributed by atoms with Crippen LogP contribution < -0.4 is 10.1 Å². The zero-order valence-electron chi connectivity index (χ0n) is 19.2. The number of rotatable bonds is 10. The molecule has 0 aliphatic heterocycles. The van der Waals surface area contributed by atoms with Crippen LogP contribution in [0.2, 0.25) is 5.02 Å². The number of carbonyl (C=O) groups excluding carboxylic acids is 2. The minimum Gasteiger partial charge on any atom is -0.483 e. The predicted molar refractivity (Wildman–Crippen MR) is 139 cm³/mol. The summed E-state index contributed by atoms with van der Waals surface area (Å²) in [7, 11) is 0. The van der Waals surface area contributed by atoms with Gasteiger partial charge in [-0.15, -0.1) is 0 Å². The van der Waals surface area contributed by atoms with Crippen LogP contribution in [0.25, 0.3) is 0 Å². The van der Waals surface area contributed by atoms with Gasteiger partial charge in [-0.25, -0.2) is 0 Å². The molecule has 3 aromatic carbocycles. The molecule has 0 bridgehead atoms. The molecule has 3 aromatic rings. The fourth-order valence-corrected chi connectivity index (χ4v) is 4.33. The SMILES string of the molecule is CC(C)NC(=O)C(Cc1ccccc1)N(Cc1ccccc1)C(=O)COc1ccc(Cl)cc1Br. The molecule has 1 N–H and O–H groups in total. The van der Waals surface area contributed by atoms with Crippen molar-refractivity contribution in [1.29, 1.82) is 0 Å². The highest BCUT2D eigenvalue weighted by atomic mass is 79.9. The van der Waals surface area contributed by atoms with Crippen molar-refractivity contribution in [1.82, 2.24) is 10.2 Å². The standard InChI is InChI=1S/C27H28BrClN2O3/c1-19(2)30-27(33)24(15-20-9-5-3-6-10-20)31(17-21-11-7-4-8-12-21)26(32)18-34-25-14-13-22(29)16-23(25)28/h3-14,16,19,24H,15,17-18H2,1-2H3,(H,30,33). The first-order valence-electron chi connectivity index (χ1n) is 11.1. The fourth-order valence-electron chi connectivity index (χ4n) is 3.53. The zero-order valence-corrected chi connectivity index (χ0v) is 21.6. The highest BCUT2D eigenvalue weighted by Gasteiger charge is 2.31. The average Bonchev–Trinajstić information content (AvgIpc) is 2.81. The van der Waals surface area contributed by atoms with Gasteiger partial charge >= 0.3 is 0 Å². The van der Waals surface area contributed by atoms with Crippen LogP contribution in [0.15, 0.2) is 83.3 Å². The van der Waals surface area contributed by atoms with Crippen LogP contribution in [-0.2, 0) is 22.6 Å². The van der Waals surface area contributed by atoms with Gasteiger partial charge in [0.1, 0.15) is 11.8 Å². The summed E-state index contributed by atoms with van der Waals surface area (Å²) >= 11 is 9.42. The first-order valence-corrected chi connectivity index (χ1v) is 12.3. The number of benzene rings is 3. The minimum atomic E-state index is -0.699. The summed E-state index contributed by atoms with van der Waals surface area (Å²) < 4.78 is 6.46. The lowest BCUT2D eigenvalue weighted by atomic mass is 10.0. The summed E-state index contributed by atoms with van der Waals surface area (Å²) in [6.07, 6.45) is 0.391.